The number of para-hydroxylation sites is 1. The molecule has 1 aliphatic rings. The van der Waals surface area contributed by atoms with Crippen molar-refractivity contribution in [3.63, 3.8) is 0 Å². The highest BCUT2D eigenvalue weighted by molar-refractivity contribution is 6.59. The Kier molecular flexibility index (Phi) is 4.46. The summed E-state index contributed by atoms with van der Waals surface area (Å²) in [5.74, 6) is 0.606. The van der Waals surface area contributed by atoms with Gasteiger partial charge < -0.3 is 14.8 Å². The molecule has 3 nitrogen and oxygen atoms in total. The third kappa shape index (κ3) is 3.48. The van der Waals surface area contributed by atoms with Crippen LogP contribution in [0.15, 0.2) is 24.3 Å². The summed E-state index contributed by atoms with van der Waals surface area (Å²) in [6.07, 6.45) is 7.32. The molecule has 1 aromatic carbocycles. The van der Waals surface area contributed by atoms with Gasteiger partial charge in [0.1, 0.15) is 5.75 Å². The van der Waals surface area contributed by atoms with Gasteiger partial charge in [-0.3, -0.25) is 0 Å². The van der Waals surface area contributed by atoms with Gasteiger partial charge in [0.2, 0.25) is 0 Å². The minimum atomic E-state index is -1.46. The molecular formula is C13H19BO3. The van der Waals surface area contributed by atoms with E-state index in [4.69, 9.17) is 4.74 Å². The van der Waals surface area contributed by atoms with E-state index < -0.39 is 7.12 Å². The maximum atomic E-state index is 9.27. The Balaban J connectivity index is 2.06. The van der Waals surface area contributed by atoms with Gasteiger partial charge >= 0.3 is 7.12 Å². The van der Waals surface area contributed by atoms with Crippen molar-refractivity contribution in [2.24, 2.45) is 0 Å². The van der Waals surface area contributed by atoms with Gasteiger partial charge in [-0.05, 0) is 31.7 Å². The first kappa shape index (κ1) is 12.5. The molecule has 1 saturated carbocycles. The van der Waals surface area contributed by atoms with Crippen LogP contribution in [0.4, 0.5) is 0 Å². The van der Waals surface area contributed by atoms with Crippen molar-refractivity contribution < 1.29 is 14.8 Å². The topological polar surface area (TPSA) is 49.7 Å². The fourth-order valence-electron chi connectivity index (χ4n) is 2.34. The van der Waals surface area contributed by atoms with Gasteiger partial charge in [0.25, 0.3) is 0 Å². The maximum Gasteiger partial charge on any atom is 0.492 e. The quantitative estimate of drug-likeness (QED) is 0.615. The van der Waals surface area contributed by atoms with Gasteiger partial charge in [0.15, 0.2) is 0 Å². The summed E-state index contributed by atoms with van der Waals surface area (Å²) >= 11 is 0. The van der Waals surface area contributed by atoms with E-state index in [9.17, 15) is 10.0 Å². The summed E-state index contributed by atoms with van der Waals surface area (Å²) in [7, 11) is -1.46. The molecule has 0 aliphatic heterocycles. The second-order valence-electron chi connectivity index (χ2n) is 4.64. The van der Waals surface area contributed by atoms with E-state index in [1.807, 2.05) is 6.07 Å². The smallest absolute Gasteiger partial charge is 0.491 e. The zero-order chi connectivity index (χ0) is 12.1. The highest BCUT2D eigenvalue weighted by Gasteiger charge is 2.20. The predicted octanol–water partition coefficient (Wildman–Crippen LogP) is 1.47. The van der Waals surface area contributed by atoms with Crippen LogP contribution >= 0.6 is 0 Å². The van der Waals surface area contributed by atoms with E-state index in [-0.39, 0.29) is 6.10 Å². The van der Waals surface area contributed by atoms with Crippen LogP contribution in [0.5, 0.6) is 5.75 Å². The fraction of sp³-hybridized carbons (Fsp3) is 0.538. The Morgan fingerprint density at radius 2 is 1.65 bits per heavy atom. The standard InChI is InChI=1S/C13H19BO3/c15-14(16)12-9-5-6-10-13(12)17-11-7-3-1-2-4-8-11/h5-6,9-11,15-16H,1-4,7-8H2. The first-order valence-electron chi connectivity index (χ1n) is 6.39. The van der Waals surface area contributed by atoms with Crippen LogP contribution in [0.1, 0.15) is 38.5 Å². The van der Waals surface area contributed by atoms with Crippen molar-refractivity contribution in [2.75, 3.05) is 0 Å². The van der Waals surface area contributed by atoms with E-state index in [0.717, 1.165) is 12.8 Å². The molecule has 1 aliphatic carbocycles. The minimum Gasteiger partial charge on any atom is -0.491 e. The Morgan fingerprint density at radius 1 is 1.00 bits per heavy atom. The lowest BCUT2D eigenvalue weighted by Crippen LogP contribution is -2.32. The molecule has 1 aromatic rings. The second kappa shape index (κ2) is 6.08. The molecule has 0 spiro atoms. The van der Waals surface area contributed by atoms with Gasteiger partial charge in [0.05, 0.1) is 6.10 Å². The molecule has 0 saturated heterocycles. The molecule has 2 rings (SSSR count). The van der Waals surface area contributed by atoms with Crippen molar-refractivity contribution in [3.8, 4) is 5.75 Å². The number of hydrogen-bond acceptors (Lipinski definition) is 3. The zero-order valence-electron chi connectivity index (χ0n) is 10.0. The van der Waals surface area contributed by atoms with Crippen LogP contribution in [0, 0.1) is 0 Å². The number of hydrogen-bond donors (Lipinski definition) is 2. The number of rotatable bonds is 3. The monoisotopic (exact) mass is 234 g/mol. The summed E-state index contributed by atoms with van der Waals surface area (Å²) in [5.41, 5.74) is 0.455. The molecule has 0 heterocycles. The zero-order valence-corrected chi connectivity index (χ0v) is 10.0. The molecule has 0 amide bonds. The fourth-order valence-corrected chi connectivity index (χ4v) is 2.34. The molecule has 0 unspecified atom stereocenters. The van der Waals surface area contributed by atoms with E-state index >= 15 is 0 Å². The van der Waals surface area contributed by atoms with Crippen LogP contribution in [0.25, 0.3) is 0 Å². The third-order valence-corrected chi connectivity index (χ3v) is 3.29. The molecular weight excluding hydrogens is 215 g/mol. The van der Waals surface area contributed by atoms with Crippen molar-refractivity contribution in [1.82, 2.24) is 0 Å². The molecule has 92 valence electrons. The average Bonchev–Trinajstić information content (AvgIpc) is 2.58. The lowest BCUT2D eigenvalue weighted by Gasteiger charge is -2.19. The van der Waals surface area contributed by atoms with Gasteiger partial charge in [-0.25, -0.2) is 0 Å². The van der Waals surface area contributed by atoms with E-state index in [0.29, 0.717) is 11.2 Å². The Morgan fingerprint density at radius 3 is 2.29 bits per heavy atom. The van der Waals surface area contributed by atoms with Crippen molar-refractivity contribution in [3.05, 3.63) is 24.3 Å². The molecule has 17 heavy (non-hydrogen) atoms. The van der Waals surface area contributed by atoms with Crippen LogP contribution in [0.3, 0.4) is 0 Å². The molecule has 1 fully saturated rings. The van der Waals surface area contributed by atoms with Gasteiger partial charge in [-0.15, -0.1) is 0 Å². The molecule has 2 N–H and O–H groups in total. The van der Waals surface area contributed by atoms with Crippen molar-refractivity contribution in [1.29, 1.82) is 0 Å². The van der Waals surface area contributed by atoms with Crippen LogP contribution in [0.2, 0.25) is 0 Å². The van der Waals surface area contributed by atoms with Gasteiger partial charge in [-0.2, -0.15) is 0 Å². The lowest BCUT2D eigenvalue weighted by atomic mass is 9.79. The molecule has 0 radical (unpaired) electrons. The maximum absolute atomic E-state index is 9.27. The van der Waals surface area contributed by atoms with Crippen molar-refractivity contribution >= 4 is 12.6 Å². The Bertz CT molecular complexity index is 346. The van der Waals surface area contributed by atoms with E-state index in [1.54, 1.807) is 18.2 Å². The second-order valence-corrected chi connectivity index (χ2v) is 4.64. The number of ether oxygens (including phenoxy) is 1. The van der Waals surface area contributed by atoms with Crippen molar-refractivity contribution in [2.45, 2.75) is 44.6 Å². The van der Waals surface area contributed by atoms with E-state index in [1.165, 1.54) is 25.7 Å². The highest BCUT2D eigenvalue weighted by Crippen LogP contribution is 2.21. The Labute approximate surface area is 103 Å². The molecule has 4 heteroatoms. The summed E-state index contributed by atoms with van der Waals surface area (Å²) in [5, 5.41) is 18.5. The minimum absolute atomic E-state index is 0.220. The summed E-state index contributed by atoms with van der Waals surface area (Å²) in [4.78, 5) is 0. The molecule has 0 bridgehead atoms. The lowest BCUT2D eigenvalue weighted by molar-refractivity contribution is 0.185. The first-order chi connectivity index (χ1) is 8.27. The predicted molar refractivity (Wildman–Crippen MR) is 68.4 cm³/mol. The summed E-state index contributed by atoms with van der Waals surface area (Å²) in [6, 6.07) is 7.14. The number of benzene rings is 1. The van der Waals surface area contributed by atoms with E-state index in [2.05, 4.69) is 0 Å². The molecule has 0 atom stereocenters. The normalized spacial score (nSPS) is 17.5. The van der Waals surface area contributed by atoms with Crippen LogP contribution in [-0.4, -0.2) is 23.3 Å². The van der Waals surface area contributed by atoms with Crippen LogP contribution < -0.4 is 10.2 Å². The third-order valence-electron chi connectivity index (χ3n) is 3.29. The highest BCUT2D eigenvalue weighted by atomic mass is 16.5. The SMILES string of the molecule is OB(O)c1ccccc1OC1CCCCCC1. The average molecular weight is 234 g/mol. The summed E-state index contributed by atoms with van der Waals surface area (Å²) < 4.78 is 5.91. The largest absolute Gasteiger partial charge is 0.492 e. The Hall–Kier alpha value is -0.995. The van der Waals surface area contributed by atoms with Gasteiger partial charge in [-0.1, -0.05) is 31.0 Å². The van der Waals surface area contributed by atoms with Gasteiger partial charge in [0, 0.05) is 5.46 Å². The van der Waals surface area contributed by atoms with Crippen LogP contribution in [-0.2, 0) is 0 Å². The first-order valence-corrected chi connectivity index (χ1v) is 6.39. The summed E-state index contributed by atoms with van der Waals surface area (Å²) in [6.45, 7) is 0. The molecule has 0 aromatic heterocycles.